The summed E-state index contributed by atoms with van der Waals surface area (Å²) in [5.74, 6) is 1.17. The van der Waals surface area contributed by atoms with Crippen molar-refractivity contribution in [2.24, 2.45) is 4.99 Å². The van der Waals surface area contributed by atoms with Crippen LogP contribution in [0, 0.1) is 11.3 Å². The molecule has 16 heavy (non-hydrogen) atoms. The summed E-state index contributed by atoms with van der Waals surface area (Å²) in [5.41, 5.74) is 6.98. The number of nitrogens with zero attached hydrogens (tertiary/aromatic N) is 2. The van der Waals surface area contributed by atoms with Crippen molar-refractivity contribution in [3.63, 3.8) is 0 Å². The monoisotopic (exact) mass is 235 g/mol. The molecular formula is C11H13N3OS. The number of aromatic hydroxyl groups is 1. The lowest BCUT2D eigenvalue weighted by molar-refractivity contribution is 0.478. The molecule has 0 unspecified atom stereocenters. The van der Waals surface area contributed by atoms with Gasteiger partial charge >= 0.3 is 0 Å². The van der Waals surface area contributed by atoms with Crippen LogP contribution in [-0.4, -0.2) is 22.4 Å². The first-order chi connectivity index (χ1) is 7.69. The molecule has 1 aromatic rings. The first-order valence-corrected chi connectivity index (χ1v) is 5.74. The van der Waals surface area contributed by atoms with Crippen LogP contribution in [0.25, 0.3) is 0 Å². The average Bonchev–Trinajstić information content (AvgIpc) is 2.76. The van der Waals surface area contributed by atoms with Crippen LogP contribution in [-0.2, 0) is 0 Å². The molecule has 0 saturated carbocycles. The second-order valence-electron chi connectivity index (χ2n) is 3.03. The van der Waals surface area contributed by atoms with Crippen molar-refractivity contribution in [2.45, 2.75) is 6.92 Å². The first-order valence-electron chi connectivity index (χ1n) is 4.76. The van der Waals surface area contributed by atoms with E-state index in [4.69, 9.17) is 11.0 Å². The molecule has 0 aromatic heterocycles. The van der Waals surface area contributed by atoms with Gasteiger partial charge in [0.1, 0.15) is 5.75 Å². The van der Waals surface area contributed by atoms with Crippen LogP contribution in [0.2, 0.25) is 0 Å². The topological polar surface area (TPSA) is 82.4 Å². The van der Waals surface area contributed by atoms with Crippen molar-refractivity contribution < 1.29 is 5.11 Å². The van der Waals surface area contributed by atoms with Crippen molar-refractivity contribution in [3.05, 3.63) is 23.8 Å². The molecule has 1 heterocycles. The predicted molar refractivity (Wildman–Crippen MR) is 67.7 cm³/mol. The van der Waals surface area contributed by atoms with Crippen molar-refractivity contribution >= 4 is 22.5 Å². The van der Waals surface area contributed by atoms with Crippen molar-refractivity contribution in [1.82, 2.24) is 0 Å². The van der Waals surface area contributed by atoms with Crippen LogP contribution in [0.4, 0.5) is 5.69 Å². The van der Waals surface area contributed by atoms with E-state index >= 15 is 0 Å². The Kier molecular flexibility index (Phi) is 4.67. The summed E-state index contributed by atoms with van der Waals surface area (Å²) in [6.07, 6.45) is 0. The molecule has 1 aromatic carbocycles. The highest BCUT2D eigenvalue weighted by atomic mass is 32.2. The zero-order valence-electron chi connectivity index (χ0n) is 8.97. The SMILES string of the molecule is CC#N.Nc1cc(C2=NCCS2)ccc1O. The fraction of sp³-hybridized carbons (Fsp3) is 0.273. The summed E-state index contributed by atoms with van der Waals surface area (Å²) >= 11 is 1.72. The maximum absolute atomic E-state index is 9.21. The maximum atomic E-state index is 9.21. The van der Waals surface area contributed by atoms with E-state index in [1.807, 2.05) is 6.07 Å². The third-order valence-corrected chi connectivity index (χ3v) is 2.88. The van der Waals surface area contributed by atoms with Gasteiger partial charge in [0.15, 0.2) is 0 Å². The number of hydrogen-bond acceptors (Lipinski definition) is 5. The van der Waals surface area contributed by atoms with Gasteiger partial charge in [-0.05, 0) is 18.2 Å². The second-order valence-corrected chi connectivity index (χ2v) is 4.12. The van der Waals surface area contributed by atoms with Crippen LogP contribution < -0.4 is 5.73 Å². The van der Waals surface area contributed by atoms with Gasteiger partial charge in [0.2, 0.25) is 0 Å². The van der Waals surface area contributed by atoms with Gasteiger partial charge < -0.3 is 10.8 Å². The zero-order valence-corrected chi connectivity index (χ0v) is 9.79. The van der Waals surface area contributed by atoms with Crippen LogP contribution >= 0.6 is 11.8 Å². The lowest BCUT2D eigenvalue weighted by Crippen LogP contribution is -1.94. The van der Waals surface area contributed by atoms with Crippen LogP contribution in [0.15, 0.2) is 23.2 Å². The predicted octanol–water partition coefficient (Wildman–Crippen LogP) is 2.00. The number of phenolic OH excluding ortho intramolecular Hbond substituents is 1. The molecule has 5 heteroatoms. The van der Waals surface area contributed by atoms with Gasteiger partial charge in [-0.3, -0.25) is 4.99 Å². The Hall–Kier alpha value is -1.67. The number of aliphatic imine (C=N–C) groups is 1. The van der Waals surface area contributed by atoms with Crippen LogP contribution in [0.1, 0.15) is 12.5 Å². The van der Waals surface area contributed by atoms with E-state index in [-0.39, 0.29) is 5.75 Å². The van der Waals surface area contributed by atoms with Gasteiger partial charge in [-0.25, -0.2) is 0 Å². The summed E-state index contributed by atoms with van der Waals surface area (Å²) < 4.78 is 0. The van der Waals surface area contributed by atoms with E-state index in [1.54, 1.807) is 30.0 Å². The molecular weight excluding hydrogens is 222 g/mol. The summed E-state index contributed by atoms with van der Waals surface area (Å²) in [7, 11) is 0. The highest BCUT2D eigenvalue weighted by molar-refractivity contribution is 8.14. The Morgan fingerprint density at radius 2 is 2.25 bits per heavy atom. The highest BCUT2D eigenvalue weighted by Gasteiger charge is 2.10. The molecule has 0 spiro atoms. The number of rotatable bonds is 1. The Morgan fingerprint density at radius 1 is 1.56 bits per heavy atom. The van der Waals surface area contributed by atoms with Crippen molar-refractivity contribution in [3.8, 4) is 11.8 Å². The lowest BCUT2D eigenvalue weighted by Gasteiger charge is -2.02. The van der Waals surface area contributed by atoms with Gasteiger partial charge in [-0.15, -0.1) is 11.8 Å². The summed E-state index contributed by atoms with van der Waals surface area (Å²) in [5, 5.41) is 17.6. The van der Waals surface area contributed by atoms with E-state index in [2.05, 4.69) is 4.99 Å². The fourth-order valence-electron chi connectivity index (χ4n) is 1.20. The molecule has 0 bridgehead atoms. The number of nitriles is 1. The molecule has 2 rings (SSSR count). The fourth-order valence-corrected chi connectivity index (χ4v) is 2.05. The number of benzene rings is 1. The zero-order chi connectivity index (χ0) is 12.0. The van der Waals surface area contributed by atoms with Gasteiger partial charge in [0.25, 0.3) is 0 Å². The normalized spacial score (nSPS) is 13.4. The number of anilines is 1. The molecule has 0 atom stereocenters. The van der Waals surface area contributed by atoms with E-state index in [0.717, 1.165) is 22.9 Å². The second kappa shape index (κ2) is 6.03. The summed E-state index contributed by atoms with van der Waals surface area (Å²) in [6.45, 7) is 2.31. The average molecular weight is 235 g/mol. The third-order valence-electron chi connectivity index (χ3n) is 1.86. The van der Waals surface area contributed by atoms with Crippen LogP contribution in [0.3, 0.4) is 0 Å². The van der Waals surface area contributed by atoms with E-state index in [9.17, 15) is 5.11 Å². The van der Waals surface area contributed by atoms with Gasteiger partial charge in [0.05, 0.1) is 16.8 Å². The minimum atomic E-state index is 0.132. The molecule has 0 amide bonds. The standard InChI is InChI=1S/C9H10N2OS.C2H3N/c10-7-5-6(1-2-8(7)12)9-11-3-4-13-9;1-2-3/h1-2,5,12H,3-4,10H2;1H3. The minimum absolute atomic E-state index is 0.132. The lowest BCUT2D eigenvalue weighted by atomic mass is 10.2. The van der Waals surface area contributed by atoms with Crippen LogP contribution in [0.5, 0.6) is 5.75 Å². The Balaban J connectivity index is 0.000000386. The molecule has 0 saturated heterocycles. The Labute approximate surface area is 98.8 Å². The van der Waals surface area contributed by atoms with Crippen molar-refractivity contribution in [1.29, 1.82) is 5.26 Å². The van der Waals surface area contributed by atoms with E-state index in [1.165, 1.54) is 6.92 Å². The first kappa shape index (κ1) is 12.4. The largest absolute Gasteiger partial charge is 0.506 e. The molecule has 84 valence electrons. The Morgan fingerprint density at radius 3 is 2.75 bits per heavy atom. The summed E-state index contributed by atoms with van der Waals surface area (Å²) in [4.78, 5) is 4.32. The number of thioether (sulfide) groups is 1. The molecule has 3 N–H and O–H groups in total. The van der Waals surface area contributed by atoms with E-state index < -0.39 is 0 Å². The van der Waals surface area contributed by atoms with Gasteiger partial charge in [0, 0.05) is 24.8 Å². The number of nitrogen functional groups attached to an aromatic ring is 1. The summed E-state index contributed by atoms with van der Waals surface area (Å²) in [6, 6.07) is 6.95. The Bertz CT molecular complexity index is 437. The third kappa shape index (κ3) is 3.17. The number of hydrogen-bond donors (Lipinski definition) is 2. The van der Waals surface area contributed by atoms with Gasteiger partial charge in [-0.1, -0.05) is 0 Å². The molecule has 0 radical (unpaired) electrons. The van der Waals surface area contributed by atoms with Crippen molar-refractivity contribution in [2.75, 3.05) is 18.0 Å². The smallest absolute Gasteiger partial charge is 0.138 e. The molecule has 1 aliphatic rings. The molecule has 0 aliphatic carbocycles. The quantitative estimate of drug-likeness (QED) is 0.576. The number of nitrogens with two attached hydrogens (primary N) is 1. The molecule has 1 aliphatic heterocycles. The van der Waals surface area contributed by atoms with E-state index in [0.29, 0.717) is 5.69 Å². The number of phenols is 1. The minimum Gasteiger partial charge on any atom is -0.506 e. The molecule has 0 fully saturated rings. The maximum Gasteiger partial charge on any atom is 0.138 e. The highest BCUT2D eigenvalue weighted by Crippen LogP contribution is 2.25. The van der Waals surface area contributed by atoms with Gasteiger partial charge in [-0.2, -0.15) is 5.26 Å². The molecule has 4 nitrogen and oxygen atoms in total.